The van der Waals surface area contributed by atoms with Gasteiger partial charge in [-0.15, -0.1) is 0 Å². The van der Waals surface area contributed by atoms with Gasteiger partial charge in [-0.05, 0) is 62.4 Å². The second kappa shape index (κ2) is 20.5. The summed E-state index contributed by atoms with van der Waals surface area (Å²) < 4.78 is 34.9. The van der Waals surface area contributed by atoms with E-state index in [0.29, 0.717) is 11.9 Å². The van der Waals surface area contributed by atoms with E-state index in [1.54, 1.807) is 18.2 Å². The summed E-state index contributed by atoms with van der Waals surface area (Å²) in [6, 6.07) is 14.8. The lowest BCUT2D eigenvalue weighted by Crippen LogP contribution is -2.25. The number of esters is 1. The van der Waals surface area contributed by atoms with Crippen LogP contribution in [-0.4, -0.2) is 48.0 Å². The van der Waals surface area contributed by atoms with E-state index >= 15 is 0 Å². The van der Waals surface area contributed by atoms with Crippen LogP contribution in [-0.2, 0) is 14.8 Å². The highest BCUT2D eigenvalue weighted by Crippen LogP contribution is 2.32. The van der Waals surface area contributed by atoms with Gasteiger partial charge in [0.1, 0.15) is 0 Å². The maximum atomic E-state index is 13.7. The fraction of sp³-hybridized carbons (Fsp3) is 0.487. The first kappa shape index (κ1) is 38.6. The molecule has 8 nitrogen and oxygen atoms in total. The molecular formula is C39H55N3O5S. The molecule has 0 saturated heterocycles. The van der Waals surface area contributed by atoms with Gasteiger partial charge >= 0.3 is 5.97 Å². The molecule has 0 saturated carbocycles. The Morgan fingerprint density at radius 1 is 0.771 bits per heavy atom. The number of allylic oxidation sites excluding steroid dienone is 2. The van der Waals surface area contributed by atoms with Crippen molar-refractivity contribution in [1.82, 2.24) is 5.32 Å². The van der Waals surface area contributed by atoms with E-state index in [2.05, 4.69) is 29.1 Å². The van der Waals surface area contributed by atoms with Crippen molar-refractivity contribution in [2.45, 2.75) is 102 Å². The molecule has 0 aliphatic rings. The van der Waals surface area contributed by atoms with Crippen molar-refractivity contribution in [2.24, 2.45) is 0 Å². The molecule has 3 aromatic rings. The molecule has 0 spiro atoms. The third-order valence-electron chi connectivity index (χ3n) is 8.54. The highest BCUT2D eigenvalue weighted by atomic mass is 32.2. The summed E-state index contributed by atoms with van der Waals surface area (Å²) in [5.74, 6) is -1.04. The van der Waals surface area contributed by atoms with Gasteiger partial charge < -0.3 is 15.0 Å². The van der Waals surface area contributed by atoms with Crippen molar-refractivity contribution in [3.8, 4) is 0 Å². The predicted molar refractivity (Wildman–Crippen MR) is 199 cm³/mol. The Balaban J connectivity index is 1.49. The standard InChI is InChI=1S/C39H55N3O5S/c1-5-6-7-8-9-10-11-12-13-14-15-16-17-18-19-20-29-40-38(43)31-27-28-34(39(44)47-4)35(30-31)41-48(45,46)37-26-22-23-32-33(37)24-21-25-36(32)42(2)3/h12-13,21-28,30,41H,5-11,14-20,29H2,1-4H3,(H,40,43)/b13-12-. The lowest BCUT2D eigenvalue weighted by molar-refractivity contribution is 0.0601. The quantitative estimate of drug-likeness (QED) is 0.0624. The molecule has 0 aliphatic carbocycles. The van der Waals surface area contributed by atoms with E-state index in [1.165, 1.54) is 95.6 Å². The third kappa shape index (κ3) is 12.0. The molecule has 9 heteroatoms. The zero-order valence-corrected chi connectivity index (χ0v) is 30.2. The van der Waals surface area contributed by atoms with Crippen LogP contribution in [0.5, 0.6) is 0 Å². The number of sulfonamides is 1. The van der Waals surface area contributed by atoms with Crippen LogP contribution in [0, 0.1) is 0 Å². The predicted octanol–water partition coefficient (Wildman–Crippen LogP) is 9.26. The Labute approximate surface area is 288 Å². The van der Waals surface area contributed by atoms with Crippen LogP contribution in [0.25, 0.3) is 10.8 Å². The number of nitrogens with one attached hydrogen (secondary N) is 2. The highest BCUT2D eigenvalue weighted by molar-refractivity contribution is 7.93. The zero-order valence-electron chi connectivity index (χ0n) is 29.4. The van der Waals surface area contributed by atoms with Crippen molar-refractivity contribution in [1.29, 1.82) is 0 Å². The number of nitrogens with zero attached hydrogens (tertiary/aromatic N) is 1. The zero-order chi connectivity index (χ0) is 34.8. The Morgan fingerprint density at radius 3 is 2.02 bits per heavy atom. The largest absolute Gasteiger partial charge is 0.465 e. The van der Waals surface area contributed by atoms with Gasteiger partial charge in [0.05, 0.1) is 23.3 Å². The maximum Gasteiger partial charge on any atom is 0.339 e. The average Bonchev–Trinajstić information content (AvgIpc) is 3.08. The normalized spacial score (nSPS) is 11.6. The van der Waals surface area contributed by atoms with Crippen molar-refractivity contribution in [3.63, 3.8) is 0 Å². The second-order valence-corrected chi connectivity index (χ2v) is 14.2. The van der Waals surface area contributed by atoms with Crippen LogP contribution in [0.1, 0.15) is 118 Å². The molecule has 0 unspecified atom stereocenters. The molecule has 0 radical (unpaired) electrons. The molecule has 1 amide bonds. The SMILES string of the molecule is CCCCCCCC/C=C\CCCCCCCCNC(=O)c1ccc(C(=O)OC)c(NS(=O)(=O)c2cccc3c(N(C)C)cccc23)c1. The number of hydrogen-bond acceptors (Lipinski definition) is 6. The maximum absolute atomic E-state index is 13.7. The van der Waals surface area contributed by atoms with Crippen LogP contribution in [0.3, 0.4) is 0 Å². The summed E-state index contributed by atoms with van der Waals surface area (Å²) in [7, 11) is 0.869. The average molecular weight is 678 g/mol. The van der Waals surface area contributed by atoms with Crippen molar-refractivity contribution in [2.75, 3.05) is 37.4 Å². The molecule has 48 heavy (non-hydrogen) atoms. The first-order valence-electron chi connectivity index (χ1n) is 17.6. The Morgan fingerprint density at radius 2 is 1.38 bits per heavy atom. The Bertz CT molecular complexity index is 1600. The number of anilines is 2. The minimum Gasteiger partial charge on any atom is -0.465 e. The van der Waals surface area contributed by atoms with Crippen LogP contribution in [0.4, 0.5) is 11.4 Å². The van der Waals surface area contributed by atoms with Crippen LogP contribution < -0.4 is 14.9 Å². The number of unbranched alkanes of at least 4 members (excludes halogenated alkanes) is 12. The highest BCUT2D eigenvalue weighted by Gasteiger charge is 2.23. The molecule has 0 fully saturated rings. The van der Waals surface area contributed by atoms with E-state index in [4.69, 9.17) is 4.74 Å². The number of carbonyl (C=O) groups excluding carboxylic acids is 2. The van der Waals surface area contributed by atoms with Crippen molar-refractivity contribution in [3.05, 3.63) is 77.9 Å². The molecule has 0 heterocycles. The minimum absolute atomic E-state index is 0.0140. The second-order valence-electron chi connectivity index (χ2n) is 12.6. The van der Waals surface area contributed by atoms with Gasteiger partial charge in [-0.1, -0.05) is 101 Å². The molecule has 0 aromatic heterocycles. The molecule has 3 rings (SSSR count). The van der Waals surface area contributed by atoms with Gasteiger partial charge in [0, 0.05) is 42.7 Å². The summed E-state index contributed by atoms with van der Waals surface area (Å²) in [5.41, 5.74) is 1.12. The van der Waals surface area contributed by atoms with Crippen LogP contribution in [0.15, 0.2) is 71.6 Å². The number of rotatable bonds is 22. The van der Waals surface area contributed by atoms with Gasteiger partial charge in [0.2, 0.25) is 0 Å². The van der Waals surface area contributed by atoms with Crippen molar-refractivity contribution < 1.29 is 22.7 Å². The number of benzene rings is 3. The van der Waals surface area contributed by atoms with Crippen molar-refractivity contribution >= 4 is 44.0 Å². The van der Waals surface area contributed by atoms with E-state index in [-0.39, 0.29) is 27.6 Å². The van der Waals surface area contributed by atoms with E-state index in [0.717, 1.165) is 36.8 Å². The fourth-order valence-electron chi connectivity index (χ4n) is 5.82. The topological polar surface area (TPSA) is 105 Å². The van der Waals surface area contributed by atoms with Gasteiger partial charge in [-0.2, -0.15) is 0 Å². The first-order valence-corrected chi connectivity index (χ1v) is 19.0. The summed E-state index contributed by atoms with van der Waals surface area (Å²) >= 11 is 0. The van der Waals surface area contributed by atoms with E-state index in [1.807, 2.05) is 31.1 Å². The number of carbonyl (C=O) groups is 2. The number of ether oxygens (including phenoxy) is 1. The van der Waals surface area contributed by atoms with Gasteiger partial charge in [-0.3, -0.25) is 9.52 Å². The Kier molecular flexibility index (Phi) is 16.5. The summed E-state index contributed by atoms with van der Waals surface area (Å²) in [4.78, 5) is 27.5. The van der Waals surface area contributed by atoms with Gasteiger partial charge in [0.25, 0.3) is 15.9 Å². The molecule has 0 aliphatic heterocycles. The monoisotopic (exact) mass is 677 g/mol. The Hall–Kier alpha value is -3.85. The van der Waals surface area contributed by atoms with E-state index in [9.17, 15) is 18.0 Å². The third-order valence-corrected chi connectivity index (χ3v) is 9.96. The summed E-state index contributed by atoms with van der Waals surface area (Å²) in [5, 5.41) is 4.25. The molecule has 0 bridgehead atoms. The fourth-order valence-corrected chi connectivity index (χ4v) is 7.12. The molecule has 0 atom stereocenters. The van der Waals surface area contributed by atoms with Gasteiger partial charge in [0.15, 0.2) is 0 Å². The number of amides is 1. The number of methoxy groups -OCH3 is 1. The first-order chi connectivity index (χ1) is 23.2. The minimum atomic E-state index is -4.15. The van der Waals surface area contributed by atoms with Crippen LogP contribution >= 0.6 is 0 Å². The number of fused-ring (bicyclic) bond motifs is 1. The smallest absolute Gasteiger partial charge is 0.339 e. The number of hydrogen-bond donors (Lipinski definition) is 2. The lowest BCUT2D eigenvalue weighted by Gasteiger charge is -2.18. The summed E-state index contributed by atoms with van der Waals surface area (Å²) in [6.07, 6.45) is 21.7. The van der Waals surface area contributed by atoms with E-state index < -0.39 is 16.0 Å². The molecular weight excluding hydrogens is 623 g/mol. The van der Waals surface area contributed by atoms with Crippen LogP contribution in [0.2, 0.25) is 0 Å². The molecule has 2 N–H and O–H groups in total. The summed E-state index contributed by atoms with van der Waals surface area (Å²) in [6.45, 7) is 2.77. The molecule has 262 valence electrons. The lowest BCUT2D eigenvalue weighted by atomic mass is 10.1. The van der Waals surface area contributed by atoms with Gasteiger partial charge in [-0.25, -0.2) is 13.2 Å². The molecule has 3 aromatic carbocycles.